The zero-order chi connectivity index (χ0) is 11.4. The second-order valence-electron chi connectivity index (χ2n) is 3.13. The maximum absolute atomic E-state index is 8.52. The van der Waals surface area contributed by atoms with Crippen molar-refractivity contribution in [3.63, 3.8) is 0 Å². The monoisotopic (exact) mass is 440 g/mol. The van der Waals surface area contributed by atoms with Crippen LogP contribution in [0.15, 0.2) is 0 Å². The standard InChI is InChI=1S/C6H13N2.H2O4S.2H2O.Pt/c7-5-3-1-2-4-6(5)8;1-5(2,3)4;;;/h5H,1-4,7-8H2;(H2,1,2,3,4);2*1H2;/q;;;;+2/p-2/t5-;;;;/m1..../s1. The molecule has 0 heterocycles. The minimum atomic E-state index is -5.17. The van der Waals surface area contributed by atoms with Crippen molar-refractivity contribution in [3.05, 3.63) is 0 Å². The third-order valence-electron chi connectivity index (χ3n) is 1.90. The maximum atomic E-state index is 8.52. The average Bonchev–Trinajstić information content (AvgIpc) is 1.92. The molecule has 1 aliphatic rings. The maximum Gasteiger partial charge on any atom is 0.0311 e. The van der Waals surface area contributed by atoms with Gasteiger partial charge in [0.05, 0.1) is 0 Å². The molecule has 0 saturated heterocycles. The zero-order valence-electron chi connectivity index (χ0n) is 8.42. The van der Waals surface area contributed by atoms with Crippen LogP contribution >= 0.6 is 0 Å². The van der Waals surface area contributed by atoms with Gasteiger partial charge in [-0.05, 0) is 0 Å². The van der Waals surface area contributed by atoms with Crippen LogP contribution in [0.2, 0.25) is 0 Å². The molecule has 0 aromatic rings. The van der Waals surface area contributed by atoms with E-state index in [2.05, 4.69) is 19.8 Å². The van der Waals surface area contributed by atoms with Crippen LogP contribution in [0.1, 0.15) is 25.7 Å². The fraction of sp³-hybridized carbons (Fsp3) is 1.00. The van der Waals surface area contributed by atoms with Crippen LogP contribution in [-0.4, -0.2) is 38.4 Å². The minimum Gasteiger partial charge on any atom is -0.759 e. The molecule has 2 atom stereocenters. The minimum absolute atomic E-state index is 0. The number of rotatable bonds is 0. The van der Waals surface area contributed by atoms with Crippen LogP contribution in [0.4, 0.5) is 0 Å². The van der Waals surface area contributed by atoms with Crippen molar-refractivity contribution in [1.82, 2.24) is 0 Å². The largest absolute Gasteiger partial charge is 0.759 e. The average molecular weight is 440 g/mol. The Morgan fingerprint density at radius 2 is 1.62 bits per heavy atom. The van der Waals surface area contributed by atoms with E-state index in [9.17, 15) is 0 Å². The molecular weight excluding hydrogens is 423 g/mol. The summed E-state index contributed by atoms with van der Waals surface area (Å²) in [7, 11) is -5.17. The Morgan fingerprint density at radius 3 is 1.81 bits per heavy atom. The van der Waals surface area contributed by atoms with E-state index in [-0.39, 0.29) is 20.9 Å². The number of nitrogens with two attached hydrogens (primary N) is 2. The van der Waals surface area contributed by atoms with Crippen LogP contribution in [0.25, 0.3) is 0 Å². The molecule has 0 aliphatic heterocycles. The van der Waals surface area contributed by atoms with Gasteiger partial charge in [-0.2, -0.15) is 0 Å². The first-order chi connectivity index (χ1) is 6.13. The van der Waals surface area contributed by atoms with Gasteiger partial charge in [0, 0.05) is 10.4 Å². The van der Waals surface area contributed by atoms with E-state index in [1.165, 1.54) is 12.8 Å². The molecule has 1 fully saturated rings. The predicted molar refractivity (Wildman–Crippen MR) is 51.1 cm³/mol. The van der Waals surface area contributed by atoms with Crippen molar-refractivity contribution >= 4 is 10.4 Å². The van der Waals surface area contributed by atoms with Crippen molar-refractivity contribution in [3.8, 4) is 0 Å². The third-order valence-corrected chi connectivity index (χ3v) is 3.31. The van der Waals surface area contributed by atoms with Gasteiger partial charge >= 0.3 is 66.9 Å². The molecule has 0 amide bonds. The summed E-state index contributed by atoms with van der Waals surface area (Å²) in [5, 5.41) is 0. The Balaban J connectivity index is -0.000000214. The van der Waals surface area contributed by atoms with Crippen molar-refractivity contribution < 1.29 is 48.3 Å². The van der Waals surface area contributed by atoms with Crippen LogP contribution in [0.3, 0.4) is 0 Å². The van der Waals surface area contributed by atoms with Crippen LogP contribution in [0.5, 0.6) is 0 Å². The number of hydrogen-bond donors (Lipinski definition) is 2. The Morgan fingerprint density at radius 1 is 1.25 bits per heavy atom. The summed E-state index contributed by atoms with van der Waals surface area (Å²) in [5.74, 6) is 0. The van der Waals surface area contributed by atoms with Gasteiger partial charge in [-0.3, -0.25) is 8.42 Å². The molecular formula is C6H17N2O6PtS. The molecule has 1 rings (SSSR count). The molecule has 103 valence electrons. The molecule has 1 saturated carbocycles. The van der Waals surface area contributed by atoms with Gasteiger partial charge < -0.3 is 20.1 Å². The molecule has 1 aliphatic carbocycles. The zero-order valence-corrected chi connectivity index (χ0v) is 11.5. The molecule has 10 heteroatoms. The number of hydrogen-bond acceptors (Lipinski definition) is 6. The van der Waals surface area contributed by atoms with Crippen LogP contribution in [-0.2, 0) is 30.2 Å². The SMILES string of the molecule is N[C@@H]1CCCC[C@]1(N)[Pt+2].O.O.O=S(=O)([O-])[O-]. The molecule has 8 N–H and O–H groups in total. The van der Waals surface area contributed by atoms with Gasteiger partial charge in [0.15, 0.2) is 0 Å². The predicted octanol–water partition coefficient (Wildman–Crippen LogP) is -2.90. The Bertz CT molecular complexity index is 262. The second-order valence-corrected chi connectivity index (χ2v) is 6.06. The van der Waals surface area contributed by atoms with Gasteiger partial charge in [-0.15, -0.1) is 0 Å². The first-order valence-corrected chi connectivity index (χ1v) is 6.47. The van der Waals surface area contributed by atoms with Crippen molar-refractivity contribution in [2.75, 3.05) is 0 Å². The Labute approximate surface area is 106 Å². The van der Waals surface area contributed by atoms with Crippen molar-refractivity contribution in [2.45, 2.75) is 35.7 Å². The van der Waals surface area contributed by atoms with E-state index < -0.39 is 10.4 Å². The summed E-state index contributed by atoms with van der Waals surface area (Å²) in [5.41, 5.74) is 11.7. The summed E-state index contributed by atoms with van der Waals surface area (Å²) in [4.78, 5) is 0. The van der Waals surface area contributed by atoms with Crippen molar-refractivity contribution in [2.24, 2.45) is 11.5 Å². The molecule has 0 spiro atoms. The van der Waals surface area contributed by atoms with Gasteiger partial charge in [-0.1, -0.05) is 0 Å². The third kappa shape index (κ3) is 12.5. The molecule has 8 nitrogen and oxygen atoms in total. The molecule has 0 radical (unpaired) electrons. The van der Waals surface area contributed by atoms with E-state index in [0.717, 1.165) is 12.8 Å². The first-order valence-electron chi connectivity index (χ1n) is 4.00. The summed E-state index contributed by atoms with van der Waals surface area (Å²) in [6, 6.07) is 0.216. The van der Waals surface area contributed by atoms with Crippen molar-refractivity contribution in [1.29, 1.82) is 0 Å². The topological polar surface area (TPSA) is 195 Å². The summed E-state index contributed by atoms with van der Waals surface area (Å²) in [6.07, 6.45) is 4.67. The van der Waals surface area contributed by atoms with Gasteiger partial charge in [0.25, 0.3) is 0 Å². The normalized spacial score (nSPS) is 28.9. The molecule has 0 aromatic heterocycles. The van der Waals surface area contributed by atoms with Crippen LogP contribution in [0, 0.1) is 0 Å². The molecule has 0 aromatic carbocycles. The first kappa shape index (κ1) is 21.7. The Kier molecular flexibility index (Phi) is 11.5. The second kappa shape index (κ2) is 8.48. The van der Waals surface area contributed by atoms with Gasteiger partial charge in [0.1, 0.15) is 0 Å². The van der Waals surface area contributed by atoms with E-state index >= 15 is 0 Å². The van der Waals surface area contributed by atoms with E-state index in [1.807, 2.05) is 0 Å². The fourth-order valence-corrected chi connectivity index (χ4v) is 1.90. The van der Waals surface area contributed by atoms with E-state index in [4.69, 9.17) is 29.0 Å². The molecule has 0 bridgehead atoms. The van der Waals surface area contributed by atoms with Crippen LogP contribution < -0.4 is 11.5 Å². The smallest absolute Gasteiger partial charge is 0.0311 e. The van der Waals surface area contributed by atoms with Gasteiger partial charge in [0.2, 0.25) is 0 Å². The summed E-state index contributed by atoms with van der Waals surface area (Å²) in [6.45, 7) is 0. The van der Waals surface area contributed by atoms with E-state index in [1.54, 1.807) is 0 Å². The summed E-state index contributed by atoms with van der Waals surface area (Å²) >= 11 is 2.25. The fourth-order valence-electron chi connectivity index (χ4n) is 1.17. The Hall–Kier alpha value is 0.398. The molecule has 16 heavy (non-hydrogen) atoms. The van der Waals surface area contributed by atoms with Gasteiger partial charge in [-0.25, -0.2) is 0 Å². The quantitative estimate of drug-likeness (QED) is 0.299. The molecule has 0 unspecified atom stereocenters. The van der Waals surface area contributed by atoms with E-state index in [0.29, 0.717) is 0 Å². The summed E-state index contributed by atoms with van der Waals surface area (Å²) < 4.78 is 34.0.